The van der Waals surface area contributed by atoms with Crippen LogP contribution in [0.3, 0.4) is 0 Å². The first kappa shape index (κ1) is 15.3. The first-order valence-corrected chi connectivity index (χ1v) is 7.36. The molecule has 1 aliphatic rings. The summed E-state index contributed by atoms with van der Waals surface area (Å²) in [5, 5.41) is 3.04. The monoisotopic (exact) mass is 280 g/mol. The molecule has 0 spiro atoms. The molecule has 0 amide bonds. The van der Waals surface area contributed by atoms with Crippen molar-refractivity contribution in [3.63, 3.8) is 0 Å². The molecule has 112 valence electrons. The van der Waals surface area contributed by atoms with Gasteiger partial charge in [-0.25, -0.2) is 4.39 Å². The zero-order valence-corrected chi connectivity index (χ0v) is 12.7. The zero-order chi connectivity index (χ0) is 14.5. The van der Waals surface area contributed by atoms with E-state index in [1.54, 1.807) is 13.2 Å². The van der Waals surface area contributed by atoms with Gasteiger partial charge in [0.1, 0.15) is 5.82 Å². The van der Waals surface area contributed by atoms with Gasteiger partial charge in [-0.05, 0) is 50.4 Å². The molecule has 1 N–H and O–H groups in total. The van der Waals surface area contributed by atoms with E-state index in [1.807, 2.05) is 19.2 Å². The van der Waals surface area contributed by atoms with Gasteiger partial charge in [-0.15, -0.1) is 0 Å². The molecule has 0 aromatic heterocycles. The number of ether oxygens (including phenoxy) is 1. The van der Waals surface area contributed by atoms with E-state index in [2.05, 4.69) is 17.1 Å². The molecule has 1 saturated carbocycles. The number of anilines is 1. The molecular formula is C16H25FN2O. The van der Waals surface area contributed by atoms with E-state index < -0.39 is 0 Å². The Bertz CT molecular complexity index is 434. The van der Waals surface area contributed by atoms with E-state index in [9.17, 15) is 4.39 Å². The molecule has 3 nitrogen and oxygen atoms in total. The lowest BCUT2D eigenvalue weighted by Gasteiger charge is -2.32. The van der Waals surface area contributed by atoms with Crippen molar-refractivity contribution in [3.05, 3.63) is 29.6 Å². The summed E-state index contributed by atoms with van der Waals surface area (Å²) < 4.78 is 19.6. The van der Waals surface area contributed by atoms with Gasteiger partial charge in [0.25, 0.3) is 0 Å². The first-order chi connectivity index (χ1) is 9.67. The van der Waals surface area contributed by atoms with Gasteiger partial charge in [-0.1, -0.05) is 6.07 Å². The fourth-order valence-electron chi connectivity index (χ4n) is 2.66. The van der Waals surface area contributed by atoms with E-state index in [0.29, 0.717) is 30.8 Å². The normalized spacial score (nSPS) is 16.2. The van der Waals surface area contributed by atoms with Crippen LogP contribution >= 0.6 is 0 Å². The SMILES string of the molecule is CNCc1ccc(N(CCOC)C(C)C2CC2)c(F)c1. The third-order valence-corrected chi connectivity index (χ3v) is 4.03. The molecule has 0 aliphatic heterocycles. The summed E-state index contributed by atoms with van der Waals surface area (Å²) in [6.45, 7) is 4.23. The van der Waals surface area contributed by atoms with Crippen molar-refractivity contribution in [2.24, 2.45) is 5.92 Å². The van der Waals surface area contributed by atoms with Crippen LogP contribution in [0.5, 0.6) is 0 Å². The van der Waals surface area contributed by atoms with Crippen molar-refractivity contribution in [2.75, 3.05) is 32.2 Å². The first-order valence-electron chi connectivity index (χ1n) is 7.36. The van der Waals surface area contributed by atoms with Crippen LogP contribution < -0.4 is 10.2 Å². The smallest absolute Gasteiger partial charge is 0.146 e. The Morgan fingerprint density at radius 3 is 2.75 bits per heavy atom. The Morgan fingerprint density at radius 1 is 1.45 bits per heavy atom. The van der Waals surface area contributed by atoms with Crippen LogP contribution in [-0.4, -0.2) is 33.4 Å². The van der Waals surface area contributed by atoms with Crippen LogP contribution in [0.1, 0.15) is 25.3 Å². The Hall–Kier alpha value is -1.13. The summed E-state index contributed by atoms with van der Waals surface area (Å²) in [6, 6.07) is 5.89. The molecule has 20 heavy (non-hydrogen) atoms. The summed E-state index contributed by atoms with van der Waals surface area (Å²) in [7, 11) is 3.55. The zero-order valence-electron chi connectivity index (χ0n) is 12.7. The second-order valence-corrected chi connectivity index (χ2v) is 5.58. The molecule has 1 aliphatic carbocycles. The number of nitrogens with one attached hydrogen (secondary N) is 1. The Balaban J connectivity index is 2.18. The van der Waals surface area contributed by atoms with Gasteiger partial charge in [-0.3, -0.25) is 0 Å². The fraction of sp³-hybridized carbons (Fsp3) is 0.625. The molecule has 1 atom stereocenters. The third-order valence-electron chi connectivity index (χ3n) is 4.03. The molecule has 2 rings (SSSR count). The standard InChI is InChI=1S/C16H25FN2O/c1-12(14-5-6-14)19(8-9-20-3)16-7-4-13(11-18-2)10-15(16)17/h4,7,10,12,14,18H,5-6,8-9,11H2,1-3H3. The molecular weight excluding hydrogens is 255 g/mol. The van der Waals surface area contributed by atoms with Crippen LogP contribution in [0.15, 0.2) is 18.2 Å². The molecule has 0 bridgehead atoms. The van der Waals surface area contributed by atoms with Crippen molar-refractivity contribution in [3.8, 4) is 0 Å². The van der Waals surface area contributed by atoms with E-state index >= 15 is 0 Å². The molecule has 1 fully saturated rings. The highest BCUT2D eigenvalue weighted by Crippen LogP contribution is 2.37. The average Bonchev–Trinajstić information content (AvgIpc) is 3.25. The lowest BCUT2D eigenvalue weighted by molar-refractivity contribution is 0.202. The lowest BCUT2D eigenvalue weighted by atomic mass is 10.1. The highest BCUT2D eigenvalue weighted by Gasteiger charge is 2.32. The van der Waals surface area contributed by atoms with Crippen LogP contribution in [0.4, 0.5) is 10.1 Å². The minimum atomic E-state index is -0.138. The minimum absolute atomic E-state index is 0.138. The third kappa shape index (κ3) is 3.70. The number of benzene rings is 1. The van der Waals surface area contributed by atoms with Crippen molar-refractivity contribution >= 4 is 5.69 Å². The minimum Gasteiger partial charge on any atom is -0.383 e. The number of hydrogen-bond acceptors (Lipinski definition) is 3. The maximum Gasteiger partial charge on any atom is 0.146 e. The Kier molecular flexibility index (Phi) is 5.38. The molecule has 0 saturated heterocycles. The second-order valence-electron chi connectivity index (χ2n) is 5.58. The van der Waals surface area contributed by atoms with Crippen molar-refractivity contribution in [1.82, 2.24) is 5.32 Å². The Labute approximate surface area is 121 Å². The molecule has 1 unspecified atom stereocenters. The van der Waals surface area contributed by atoms with Gasteiger partial charge < -0.3 is 15.0 Å². The summed E-state index contributed by atoms with van der Waals surface area (Å²) in [5.74, 6) is 0.560. The quantitative estimate of drug-likeness (QED) is 0.792. The second kappa shape index (κ2) is 7.04. The lowest BCUT2D eigenvalue weighted by Crippen LogP contribution is -2.37. The summed E-state index contributed by atoms with van der Waals surface area (Å²) >= 11 is 0. The highest BCUT2D eigenvalue weighted by atomic mass is 19.1. The van der Waals surface area contributed by atoms with Crippen LogP contribution in [0, 0.1) is 11.7 Å². The van der Waals surface area contributed by atoms with Gasteiger partial charge >= 0.3 is 0 Å². The van der Waals surface area contributed by atoms with Gasteiger partial charge in [0.15, 0.2) is 0 Å². The number of nitrogens with zero attached hydrogens (tertiary/aromatic N) is 1. The predicted molar refractivity (Wildman–Crippen MR) is 80.6 cm³/mol. The topological polar surface area (TPSA) is 24.5 Å². The van der Waals surface area contributed by atoms with Crippen molar-refractivity contribution in [2.45, 2.75) is 32.4 Å². The van der Waals surface area contributed by atoms with Gasteiger partial charge in [0, 0.05) is 26.2 Å². The summed E-state index contributed by atoms with van der Waals surface area (Å²) in [6.07, 6.45) is 2.51. The maximum atomic E-state index is 14.4. The van der Waals surface area contributed by atoms with E-state index in [-0.39, 0.29) is 5.82 Å². The van der Waals surface area contributed by atoms with Crippen molar-refractivity contribution in [1.29, 1.82) is 0 Å². The molecule has 1 aromatic rings. The van der Waals surface area contributed by atoms with Crippen LogP contribution in [0.2, 0.25) is 0 Å². The molecule has 0 heterocycles. The fourth-order valence-corrected chi connectivity index (χ4v) is 2.66. The van der Waals surface area contributed by atoms with E-state index in [4.69, 9.17) is 4.74 Å². The number of hydrogen-bond donors (Lipinski definition) is 1. The van der Waals surface area contributed by atoms with Crippen LogP contribution in [0.25, 0.3) is 0 Å². The summed E-state index contributed by atoms with van der Waals surface area (Å²) in [5.41, 5.74) is 1.67. The van der Waals surface area contributed by atoms with Crippen molar-refractivity contribution < 1.29 is 9.13 Å². The highest BCUT2D eigenvalue weighted by molar-refractivity contribution is 5.50. The van der Waals surface area contributed by atoms with Gasteiger partial charge in [0.05, 0.1) is 12.3 Å². The van der Waals surface area contributed by atoms with Gasteiger partial charge in [0.2, 0.25) is 0 Å². The van der Waals surface area contributed by atoms with E-state index in [0.717, 1.165) is 12.1 Å². The molecule has 4 heteroatoms. The average molecular weight is 280 g/mol. The predicted octanol–water partition coefficient (Wildman–Crippen LogP) is 2.80. The largest absolute Gasteiger partial charge is 0.383 e. The number of halogens is 1. The van der Waals surface area contributed by atoms with Gasteiger partial charge in [-0.2, -0.15) is 0 Å². The van der Waals surface area contributed by atoms with E-state index in [1.165, 1.54) is 12.8 Å². The number of rotatable bonds is 8. The van der Waals surface area contributed by atoms with Crippen LogP contribution in [-0.2, 0) is 11.3 Å². The number of methoxy groups -OCH3 is 1. The maximum absolute atomic E-state index is 14.4. The summed E-state index contributed by atoms with van der Waals surface area (Å²) in [4.78, 5) is 2.15. The molecule has 0 radical (unpaired) electrons. The molecule has 1 aromatic carbocycles. The Morgan fingerprint density at radius 2 is 2.20 bits per heavy atom.